The fourth-order valence-electron chi connectivity index (χ4n) is 2.02. The Morgan fingerprint density at radius 2 is 1.88 bits per heavy atom. The van der Waals surface area contributed by atoms with Crippen LogP contribution in [0.2, 0.25) is 10.3 Å². The van der Waals surface area contributed by atoms with E-state index in [-0.39, 0.29) is 16.2 Å². The number of hydrogen-bond donors (Lipinski definition) is 1. The van der Waals surface area contributed by atoms with Gasteiger partial charge in [0, 0.05) is 5.56 Å². The molecule has 0 aliphatic carbocycles. The van der Waals surface area contributed by atoms with Gasteiger partial charge in [-0.2, -0.15) is 0 Å². The molecule has 0 aliphatic heterocycles. The molecule has 6 nitrogen and oxygen atoms in total. The summed E-state index contributed by atoms with van der Waals surface area (Å²) in [6, 6.07) is 10.2. The highest BCUT2D eigenvalue weighted by molar-refractivity contribution is 6.40. The lowest BCUT2D eigenvalue weighted by Gasteiger charge is -2.07. The number of hydrogen-bond acceptors (Lipinski definition) is 4. The predicted molar refractivity (Wildman–Crippen MR) is 92.3 cm³/mol. The Morgan fingerprint density at radius 1 is 1.12 bits per heavy atom. The number of nitrogens with zero attached hydrogens (tertiary/aromatic N) is 3. The highest BCUT2D eigenvalue weighted by Crippen LogP contribution is 2.23. The first-order valence-corrected chi connectivity index (χ1v) is 7.64. The number of nitrogens with one attached hydrogen (secondary N) is 1. The molecule has 122 valence electrons. The Bertz CT molecular complexity index is 861. The van der Waals surface area contributed by atoms with Crippen LogP contribution in [0, 0.1) is 0 Å². The van der Waals surface area contributed by atoms with E-state index in [9.17, 15) is 4.79 Å². The molecule has 0 spiro atoms. The third-order valence-electron chi connectivity index (χ3n) is 3.27. The molecule has 0 bridgehead atoms. The summed E-state index contributed by atoms with van der Waals surface area (Å²) in [5.41, 5.74) is 1.08. The van der Waals surface area contributed by atoms with Crippen molar-refractivity contribution in [2.45, 2.75) is 0 Å². The van der Waals surface area contributed by atoms with Crippen LogP contribution >= 0.6 is 23.2 Å². The van der Waals surface area contributed by atoms with Crippen molar-refractivity contribution >= 4 is 34.8 Å². The molecular formula is C16H12Cl2N4O2. The Hall–Kier alpha value is -2.57. The molecule has 0 saturated carbocycles. The molecule has 0 fully saturated rings. The zero-order valence-corrected chi connectivity index (χ0v) is 14.0. The number of benzene rings is 1. The molecule has 0 saturated heterocycles. The molecule has 3 aromatic rings. The molecule has 0 unspecified atom stereocenters. The van der Waals surface area contributed by atoms with E-state index in [4.69, 9.17) is 27.9 Å². The number of imidazole rings is 1. The highest BCUT2D eigenvalue weighted by Gasteiger charge is 2.10. The van der Waals surface area contributed by atoms with E-state index in [1.807, 2.05) is 0 Å². The van der Waals surface area contributed by atoms with Crippen LogP contribution in [0.25, 0.3) is 5.82 Å². The zero-order chi connectivity index (χ0) is 17.1. The molecule has 1 N–H and O–H groups in total. The topological polar surface area (TPSA) is 69.0 Å². The van der Waals surface area contributed by atoms with E-state index in [2.05, 4.69) is 15.3 Å². The SMILES string of the molecule is COc1ccc(C(=O)Nc2ccc(-n3cnc(Cl)c3Cl)nc2)cc1. The van der Waals surface area contributed by atoms with Crippen LogP contribution in [0.5, 0.6) is 5.75 Å². The van der Waals surface area contributed by atoms with Gasteiger partial charge in [-0.25, -0.2) is 9.97 Å². The lowest BCUT2D eigenvalue weighted by atomic mass is 10.2. The molecule has 3 rings (SSSR count). The Morgan fingerprint density at radius 3 is 2.42 bits per heavy atom. The van der Waals surface area contributed by atoms with Crippen molar-refractivity contribution in [3.8, 4) is 11.6 Å². The minimum absolute atomic E-state index is 0.204. The summed E-state index contributed by atoms with van der Waals surface area (Å²) in [5, 5.41) is 3.25. The van der Waals surface area contributed by atoms with Crippen LogP contribution in [-0.2, 0) is 0 Å². The fraction of sp³-hybridized carbons (Fsp3) is 0.0625. The summed E-state index contributed by atoms with van der Waals surface area (Å²) < 4.78 is 6.61. The van der Waals surface area contributed by atoms with Crippen molar-refractivity contribution in [1.82, 2.24) is 14.5 Å². The Labute approximate surface area is 148 Å². The number of pyridine rings is 1. The van der Waals surface area contributed by atoms with Crippen molar-refractivity contribution in [3.05, 3.63) is 64.8 Å². The van der Waals surface area contributed by atoms with Crippen molar-refractivity contribution in [2.75, 3.05) is 12.4 Å². The minimum Gasteiger partial charge on any atom is -0.497 e. The summed E-state index contributed by atoms with van der Waals surface area (Å²) in [6.45, 7) is 0. The fourth-order valence-corrected chi connectivity index (χ4v) is 2.33. The maximum Gasteiger partial charge on any atom is 0.255 e. The second-order valence-electron chi connectivity index (χ2n) is 4.78. The van der Waals surface area contributed by atoms with Gasteiger partial charge in [0.2, 0.25) is 0 Å². The average molecular weight is 363 g/mol. The first-order chi connectivity index (χ1) is 11.6. The number of amides is 1. The second-order valence-corrected chi connectivity index (χ2v) is 5.50. The van der Waals surface area contributed by atoms with E-state index in [0.29, 0.717) is 22.8 Å². The van der Waals surface area contributed by atoms with Gasteiger partial charge in [0.05, 0.1) is 19.0 Å². The molecule has 1 amide bonds. The van der Waals surface area contributed by atoms with Crippen LogP contribution in [0.1, 0.15) is 10.4 Å². The van der Waals surface area contributed by atoms with Crippen LogP contribution in [0.3, 0.4) is 0 Å². The molecule has 2 aromatic heterocycles. The van der Waals surface area contributed by atoms with E-state index < -0.39 is 0 Å². The molecule has 1 aromatic carbocycles. The maximum atomic E-state index is 12.2. The molecular weight excluding hydrogens is 351 g/mol. The number of ether oxygens (including phenoxy) is 1. The van der Waals surface area contributed by atoms with Crippen LogP contribution in [-0.4, -0.2) is 27.6 Å². The van der Waals surface area contributed by atoms with E-state index >= 15 is 0 Å². The number of methoxy groups -OCH3 is 1. The van der Waals surface area contributed by atoms with Gasteiger partial charge in [0.1, 0.15) is 17.9 Å². The standard InChI is InChI=1S/C16H12Cl2N4O2/c1-24-12-5-2-10(3-6-12)16(23)21-11-4-7-13(19-8-11)22-9-20-14(17)15(22)18/h2-9H,1H3,(H,21,23). The summed E-state index contributed by atoms with van der Waals surface area (Å²) in [5.74, 6) is 0.992. The first kappa shape index (κ1) is 16.3. The lowest BCUT2D eigenvalue weighted by molar-refractivity contribution is 0.102. The molecule has 24 heavy (non-hydrogen) atoms. The lowest BCUT2D eigenvalue weighted by Crippen LogP contribution is -2.12. The van der Waals surface area contributed by atoms with Gasteiger partial charge >= 0.3 is 0 Å². The number of rotatable bonds is 4. The number of carbonyl (C=O) groups excluding carboxylic acids is 1. The summed E-state index contributed by atoms with van der Waals surface area (Å²) in [7, 11) is 1.57. The molecule has 2 heterocycles. The van der Waals surface area contributed by atoms with Gasteiger partial charge < -0.3 is 10.1 Å². The largest absolute Gasteiger partial charge is 0.497 e. The normalized spacial score (nSPS) is 10.5. The first-order valence-electron chi connectivity index (χ1n) is 6.88. The monoisotopic (exact) mass is 362 g/mol. The molecule has 8 heteroatoms. The van der Waals surface area contributed by atoms with Gasteiger partial charge in [0.15, 0.2) is 10.3 Å². The number of anilines is 1. The zero-order valence-electron chi connectivity index (χ0n) is 12.5. The summed E-state index contributed by atoms with van der Waals surface area (Å²) in [6.07, 6.45) is 3.00. The van der Waals surface area contributed by atoms with Crippen LogP contribution in [0.4, 0.5) is 5.69 Å². The van der Waals surface area contributed by atoms with E-state index in [1.54, 1.807) is 48.1 Å². The smallest absolute Gasteiger partial charge is 0.255 e. The molecule has 0 atom stereocenters. The quantitative estimate of drug-likeness (QED) is 0.765. The number of carbonyl (C=O) groups is 1. The number of halogens is 2. The van der Waals surface area contributed by atoms with Crippen LogP contribution in [0.15, 0.2) is 48.9 Å². The van der Waals surface area contributed by atoms with Crippen LogP contribution < -0.4 is 10.1 Å². The van der Waals surface area contributed by atoms with Crippen molar-refractivity contribution < 1.29 is 9.53 Å². The Kier molecular flexibility index (Phi) is 4.69. The molecule has 0 aliphatic rings. The summed E-state index contributed by atoms with van der Waals surface area (Å²) in [4.78, 5) is 20.3. The number of aromatic nitrogens is 3. The van der Waals surface area contributed by atoms with Gasteiger partial charge in [-0.15, -0.1) is 0 Å². The third-order valence-corrected chi connectivity index (χ3v) is 4.01. The Balaban J connectivity index is 1.73. The van der Waals surface area contributed by atoms with Gasteiger partial charge in [0.25, 0.3) is 5.91 Å². The molecule has 0 radical (unpaired) electrons. The van der Waals surface area contributed by atoms with Gasteiger partial charge in [-0.05, 0) is 36.4 Å². The van der Waals surface area contributed by atoms with Gasteiger partial charge in [-0.1, -0.05) is 23.2 Å². The minimum atomic E-state index is -0.240. The predicted octanol–water partition coefficient (Wildman–Crippen LogP) is 3.84. The van der Waals surface area contributed by atoms with E-state index in [1.165, 1.54) is 12.5 Å². The second kappa shape index (κ2) is 6.90. The maximum absolute atomic E-state index is 12.2. The average Bonchev–Trinajstić information content (AvgIpc) is 2.95. The third kappa shape index (κ3) is 3.34. The van der Waals surface area contributed by atoms with Crippen molar-refractivity contribution in [3.63, 3.8) is 0 Å². The highest BCUT2D eigenvalue weighted by atomic mass is 35.5. The summed E-state index contributed by atoms with van der Waals surface area (Å²) >= 11 is 11.8. The van der Waals surface area contributed by atoms with E-state index in [0.717, 1.165) is 0 Å². The van der Waals surface area contributed by atoms with Gasteiger partial charge in [-0.3, -0.25) is 9.36 Å². The van der Waals surface area contributed by atoms with Crippen molar-refractivity contribution in [1.29, 1.82) is 0 Å². The van der Waals surface area contributed by atoms with Crippen molar-refractivity contribution in [2.24, 2.45) is 0 Å².